The minimum Gasteiger partial charge on any atom is -0.494 e. The van der Waals surface area contributed by atoms with Crippen molar-refractivity contribution in [1.82, 2.24) is 9.97 Å². The van der Waals surface area contributed by atoms with Gasteiger partial charge in [0.05, 0.1) is 42.5 Å². The largest absolute Gasteiger partial charge is 0.494 e. The number of para-hydroxylation sites is 3. The molecule has 2 heterocycles. The Morgan fingerprint density at radius 3 is 2.53 bits per heavy atom. The summed E-state index contributed by atoms with van der Waals surface area (Å²) in [6.45, 7) is 5.46. The van der Waals surface area contributed by atoms with Gasteiger partial charge in [0.25, 0.3) is 0 Å². The number of rotatable bonds is 9. The monoisotopic (exact) mass is 485 g/mol. The minimum absolute atomic E-state index is 0.0394. The average Bonchev–Trinajstić information content (AvgIpc) is 3.32. The van der Waals surface area contributed by atoms with Gasteiger partial charge in [-0.2, -0.15) is 0 Å². The van der Waals surface area contributed by atoms with Crippen molar-refractivity contribution in [3.05, 3.63) is 78.0 Å². The van der Waals surface area contributed by atoms with E-state index in [1.54, 1.807) is 0 Å². The van der Waals surface area contributed by atoms with Gasteiger partial charge in [-0.1, -0.05) is 30.3 Å². The number of aromatic nitrogens is 2. The molecule has 1 aromatic heterocycles. The maximum absolute atomic E-state index is 13.3. The molecule has 5 rings (SSSR count). The summed E-state index contributed by atoms with van der Waals surface area (Å²) >= 11 is 0. The number of nitrogens with one attached hydrogen (secondary N) is 1. The van der Waals surface area contributed by atoms with E-state index in [1.165, 1.54) is 0 Å². The molecule has 1 atom stereocenters. The van der Waals surface area contributed by atoms with Crippen LogP contribution in [0.4, 0.5) is 11.5 Å². The molecule has 1 aliphatic heterocycles. The Kier molecular flexibility index (Phi) is 6.84. The Labute approximate surface area is 209 Å². The lowest BCUT2D eigenvalue weighted by Gasteiger charge is -2.16. The van der Waals surface area contributed by atoms with Crippen molar-refractivity contribution < 1.29 is 23.7 Å². The third kappa shape index (κ3) is 4.88. The molecule has 4 aromatic rings. The Morgan fingerprint density at radius 2 is 1.72 bits per heavy atom. The van der Waals surface area contributed by atoms with E-state index in [1.807, 2.05) is 80.6 Å². The molecule has 0 aliphatic carbocycles. The van der Waals surface area contributed by atoms with E-state index in [0.717, 1.165) is 11.3 Å². The van der Waals surface area contributed by atoms with E-state index in [2.05, 4.69) is 15.3 Å². The topological polar surface area (TPSA) is 91.8 Å². The van der Waals surface area contributed by atoms with Gasteiger partial charge in [-0.15, -0.1) is 0 Å². The summed E-state index contributed by atoms with van der Waals surface area (Å²) in [6.07, 6.45) is 0. The second kappa shape index (κ2) is 10.5. The zero-order valence-corrected chi connectivity index (χ0v) is 20.2. The highest BCUT2D eigenvalue weighted by Gasteiger charge is 2.27. The van der Waals surface area contributed by atoms with Gasteiger partial charge in [0, 0.05) is 11.6 Å². The zero-order chi connectivity index (χ0) is 24.9. The molecule has 8 nitrogen and oxygen atoms in total. The Morgan fingerprint density at radius 1 is 0.972 bits per heavy atom. The molecular formula is C28H27N3O5. The van der Waals surface area contributed by atoms with Crippen LogP contribution in [0.1, 0.15) is 35.8 Å². The highest BCUT2D eigenvalue weighted by Crippen LogP contribution is 2.35. The molecule has 0 bridgehead atoms. The number of carbonyl (C=O) groups excluding carboxylic acids is 1. The van der Waals surface area contributed by atoms with E-state index >= 15 is 0 Å². The van der Waals surface area contributed by atoms with E-state index < -0.39 is 5.97 Å². The molecule has 0 saturated carbocycles. The van der Waals surface area contributed by atoms with Crippen LogP contribution in [0.2, 0.25) is 0 Å². The summed E-state index contributed by atoms with van der Waals surface area (Å²) in [7, 11) is 0. The van der Waals surface area contributed by atoms with Gasteiger partial charge in [-0.25, -0.2) is 14.8 Å². The fourth-order valence-electron chi connectivity index (χ4n) is 4.11. The summed E-state index contributed by atoms with van der Waals surface area (Å²) < 4.78 is 22.9. The van der Waals surface area contributed by atoms with E-state index in [0.29, 0.717) is 48.0 Å². The highest BCUT2D eigenvalue weighted by molar-refractivity contribution is 5.96. The van der Waals surface area contributed by atoms with Gasteiger partial charge in [-0.3, -0.25) is 0 Å². The second-order valence-corrected chi connectivity index (χ2v) is 8.20. The molecule has 184 valence electrons. The standard InChI is InChI=1S/C28H27N3O5/c1-3-33-19-13-14-25(34-4-2)23(15-19)31-27-26(29-21-10-6-7-11-22(21)30-27)28(32)36-17-18-16-35-24-12-8-5-9-20(18)24/h5-15,18H,3-4,16-17H2,1-2H3,(H,30,31)/t18-/m0/s1. The molecule has 0 radical (unpaired) electrons. The van der Waals surface area contributed by atoms with E-state index in [4.69, 9.17) is 18.9 Å². The molecule has 3 aromatic carbocycles. The Bertz CT molecular complexity index is 1390. The third-order valence-corrected chi connectivity index (χ3v) is 5.79. The number of benzene rings is 3. The predicted octanol–water partition coefficient (Wildman–Crippen LogP) is 5.50. The lowest BCUT2D eigenvalue weighted by molar-refractivity contribution is 0.0465. The van der Waals surface area contributed by atoms with E-state index in [9.17, 15) is 4.79 Å². The van der Waals surface area contributed by atoms with Crippen LogP contribution in [-0.4, -0.2) is 42.4 Å². The summed E-state index contributed by atoms with van der Waals surface area (Å²) in [4.78, 5) is 22.6. The first-order valence-electron chi connectivity index (χ1n) is 12.0. The van der Waals surface area contributed by atoms with Crippen molar-refractivity contribution in [3.63, 3.8) is 0 Å². The normalized spacial score (nSPS) is 14.1. The Hall–Kier alpha value is -4.33. The van der Waals surface area contributed by atoms with Crippen molar-refractivity contribution in [2.45, 2.75) is 19.8 Å². The van der Waals surface area contributed by atoms with Crippen molar-refractivity contribution in [1.29, 1.82) is 0 Å². The zero-order valence-electron chi connectivity index (χ0n) is 20.2. The molecule has 8 heteroatoms. The number of ether oxygens (including phenoxy) is 4. The first-order valence-corrected chi connectivity index (χ1v) is 12.0. The van der Waals surface area contributed by atoms with Crippen LogP contribution < -0.4 is 19.5 Å². The maximum atomic E-state index is 13.3. The summed E-state index contributed by atoms with van der Waals surface area (Å²) in [5.74, 6) is 1.76. The van der Waals surface area contributed by atoms with Crippen LogP contribution in [0.3, 0.4) is 0 Å². The molecular weight excluding hydrogens is 458 g/mol. The van der Waals surface area contributed by atoms with Crippen molar-refractivity contribution in [3.8, 4) is 17.2 Å². The third-order valence-electron chi connectivity index (χ3n) is 5.79. The minimum atomic E-state index is -0.570. The number of hydrogen-bond donors (Lipinski definition) is 1. The number of fused-ring (bicyclic) bond motifs is 2. The SMILES string of the molecule is CCOc1ccc(OCC)c(Nc2nc3ccccc3nc2C(=O)OC[C@@H]2COc3ccccc32)c1. The average molecular weight is 486 g/mol. The summed E-state index contributed by atoms with van der Waals surface area (Å²) in [5.41, 5.74) is 2.97. The van der Waals surface area contributed by atoms with Gasteiger partial charge in [0.1, 0.15) is 23.9 Å². The highest BCUT2D eigenvalue weighted by atomic mass is 16.5. The number of hydrogen-bond acceptors (Lipinski definition) is 8. The van der Waals surface area contributed by atoms with Crippen LogP contribution in [0.5, 0.6) is 17.2 Å². The van der Waals surface area contributed by atoms with Crippen LogP contribution in [0, 0.1) is 0 Å². The second-order valence-electron chi connectivity index (χ2n) is 8.20. The first-order chi connectivity index (χ1) is 17.7. The summed E-state index contributed by atoms with van der Waals surface area (Å²) in [5, 5.41) is 3.24. The van der Waals surface area contributed by atoms with Gasteiger partial charge in [-0.05, 0) is 44.2 Å². The van der Waals surface area contributed by atoms with Crippen LogP contribution in [-0.2, 0) is 4.74 Å². The molecule has 0 spiro atoms. The molecule has 0 saturated heterocycles. The lowest BCUT2D eigenvalue weighted by atomic mass is 10.0. The van der Waals surface area contributed by atoms with Crippen LogP contribution >= 0.6 is 0 Å². The van der Waals surface area contributed by atoms with Gasteiger partial charge in [0.2, 0.25) is 0 Å². The maximum Gasteiger partial charge on any atom is 0.360 e. The van der Waals surface area contributed by atoms with Gasteiger partial charge >= 0.3 is 5.97 Å². The van der Waals surface area contributed by atoms with Crippen LogP contribution in [0.25, 0.3) is 11.0 Å². The molecule has 1 N–H and O–H groups in total. The van der Waals surface area contributed by atoms with Crippen molar-refractivity contribution in [2.75, 3.05) is 31.7 Å². The predicted molar refractivity (Wildman–Crippen MR) is 137 cm³/mol. The lowest BCUT2D eigenvalue weighted by Crippen LogP contribution is -2.17. The summed E-state index contributed by atoms with van der Waals surface area (Å²) in [6, 6.07) is 20.6. The van der Waals surface area contributed by atoms with Gasteiger partial charge in [0.15, 0.2) is 11.5 Å². The van der Waals surface area contributed by atoms with Crippen molar-refractivity contribution in [2.24, 2.45) is 0 Å². The molecule has 0 fully saturated rings. The fraction of sp³-hybridized carbons (Fsp3) is 0.250. The number of anilines is 2. The molecule has 1 aliphatic rings. The van der Waals surface area contributed by atoms with Crippen molar-refractivity contribution >= 4 is 28.5 Å². The first kappa shape index (κ1) is 23.4. The number of nitrogens with zero attached hydrogens (tertiary/aromatic N) is 2. The Balaban J connectivity index is 1.45. The smallest absolute Gasteiger partial charge is 0.360 e. The fourth-order valence-corrected chi connectivity index (χ4v) is 4.11. The molecule has 0 unspecified atom stereocenters. The number of esters is 1. The number of carbonyl (C=O) groups is 1. The van der Waals surface area contributed by atoms with E-state index in [-0.39, 0.29) is 24.0 Å². The molecule has 36 heavy (non-hydrogen) atoms. The molecule has 0 amide bonds. The van der Waals surface area contributed by atoms with Gasteiger partial charge < -0.3 is 24.3 Å². The van der Waals surface area contributed by atoms with Crippen LogP contribution in [0.15, 0.2) is 66.7 Å². The quantitative estimate of drug-likeness (QED) is 0.311.